The monoisotopic (exact) mass is 325 g/mol. The summed E-state index contributed by atoms with van der Waals surface area (Å²) in [6, 6.07) is 5.23. The summed E-state index contributed by atoms with van der Waals surface area (Å²) in [5.41, 5.74) is 2.29. The Bertz CT molecular complexity index is 275. The van der Waals surface area contributed by atoms with Gasteiger partial charge in [0, 0.05) is 0 Å². The van der Waals surface area contributed by atoms with Crippen molar-refractivity contribution in [2.75, 3.05) is 0 Å². The third-order valence-electron chi connectivity index (χ3n) is 3.77. The van der Waals surface area contributed by atoms with E-state index >= 15 is 0 Å². The first kappa shape index (κ1) is 20.1. The molecular weight excluding hydrogens is 302 g/mol. The van der Waals surface area contributed by atoms with Gasteiger partial charge in [0.1, 0.15) is 8.24 Å². The van der Waals surface area contributed by atoms with E-state index in [0.29, 0.717) is 0 Å². The predicted octanol–water partition coefficient (Wildman–Crippen LogP) is 0.935. The Balaban J connectivity index is 0. The van der Waals surface area contributed by atoms with Crippen LogP contribution in [0.4, 0.5) is 0 Å². The molecule has 1 rings (SSSR count). The minimum Gasteiger partial charge on any atom is -1.00 e. The van der Waals surface area contributed by atoms with E-state index in [1.165, 1.54) is 0 Å². The van der Waals surface area contributed by atoms with E-state index in [1.807, 2.05) is 6.07 Å². The van der Waals surface area contributed by atoms with Crippen molar-refractivity contribution in [3.63, 3.8) is 0 Å². The van der Waals surface area contributed by atoms with E-state index < -0.39 is 8.24 Å². The van der Waals surface area contributed by atoms with Crippen LogP contribution in [-0.4, -0.2) is 35.5 Å². The zero-order valence-electron chi connectivity index (χ0n) is 12.0. The van der Waals surface area contributed by atoms with Crippen LogP contribution >= 0.6 is 0 Å². The molecule has 0 saturated carbocycles. The Morgan fingerprint density at radius 3 is 1.59 bits per heavy atom. The first-order valence-corrected chi connectivity index (χ1v) is 8.16. The molecule has 0 fully saturated rings. The van der Waals surface area contributed by atoms with Crippen molar-refractivity contribution in [3.8, 4) is 0 Å². The van der Waals surface area contributed by atoms with Gasteiger partial charge in [-0.3, -0.25) is 0 Å². The van der Waals surface area contributed by atoms with Crippen LogP contribution in [0.5, 0.6) is 0 Å². The molecule has 0 bridgehead atoms. The molecule has 0 atom stereocenters. The Kier molecular flexibility index (Phi) is 9.47. The van der Waals surface area contributed by atoms with E-state index in [-0.39, 0.29) is 40.0 Å². The van der Waals surface area contributed by atoms with Crippen molar-refractivity contribution in [1.82, 2.24) is 4.23 Å². The molecule has 4 heteroatoms. The fraction of sp³-hybridized carbons (Fsp3) is 0.692. The standard InChI is InChI=1S/C13H24NSi.BrH.Mg/c1-11(2)15(12(3)4,13(5)6)14-9-7-8-10-14;;/h7,9-13H,1-6H3;1H;/q-1;;+2/p-1. The molecule has 0 radical (unpaired) electrons. The molecule has 0 amide bonds. The van der Waals surface area contributed by atoms with Crippen LogP contribution in [0.1, 0.15) is 41.5 Å². The zero-order chi connectivity index (χ0) is 11.6. The quantitative estimate of drug-likeness (QED) is 0.573. The Morgan fingerprint density at radius 1 is 0.941 bits per heavy atom. The molecule has 0 saturated heterocycles. The average molecular weight is 327 g/mol. The van der Waals surface area contributed by atoms with E-state index in [4.69, 9.17) is 0 Å². The smallest absolute Gasteiger partial charge is 1.00 e. The zero-order valence-corrected chi connectivity index (χ0v) is 16.0. The number of hydrogen-bond acceptors (Lipinski definition) is 0. The molecule has 17 heavy (non-hydrogen) atoms. The van der Waals surface area contributed by atoms with Crippen molar-refractivity contribution in [1.29, 1.82) is 0 Å². The maximum absolute atomic E-state index is 3.20. The van der Waals surface area contributed by atoms with E-state index in [2.05, 4.69) is 64.2 Å². The molecule has 0 N–H and O–H groups in total. The number of rotatable bonds is 4. The van der Waals surface area contributed by atoms with Crippen molar-refractivity contribution in [2.24, 2.45) is 0 Å². The second-order valence-corrected chi connectivity index (χ2v) is 11.1. The molecule has 94 valence electrons. The third kappa shape index (κ3) is 3.61. The normalized spacial score (nSPS) is 11.6. The molecule has 1 nitrogen and oxygen atoms in total. The number of hydrogen-bond donors (Lipinski definition) is 0. The van der Waals surface area contributed by atoms with E-state index in [1.54, 1.807) is 0 Å². The topological polar surface area (TPSA) is 4.93 Å². The predicted molar refractivity (Wildman–Crippen MR) is 75.5 cm³/mol. The van der Waals surface area contributed by atoms with Gasteiger partial charge in [-0.2, -0.15) is 6.20 Å². The Labute approximate surface area is 134 Å². The molecule has 0 unspecified atom stereocenters. The summed E-state index contributed by atoms with van der Waals surface area (Å²) < 4.78 is 2.49. The van der Waals surface area contributed by atoms with Gasteiger partial charge in [0.25, 0.3) is 0 Å². The summed E-state index contributed by atoms with van der Waals surface area (Å²) >= 11 is 0. The molecule has 0 aliphatic heterocycles. The van der Waals surface area contributed by atoms with Crippen molar-refractivity contribution in [3.05, 3.63) is 24.5 Å². The minimum atomic E-state index is -1.47. The van der Waals surface area contributed by atoms with Gasteiger partial charge in [-0.1, -0.05) is 41.5 Å². The van der Waals surface area contributed by atoms with E-state index in [9.17, 15) is 0 Å². The fourth-order valence-electron chi connectivity index (χ4n) is 3.43. The van der Waals surface area contributed by atoms with Crippen molar-refractivity contribution < 1.29 is 17.0 Å². The van der Waals surface area contributed by atoms with E-state index in [0.717, 1.165) is 16.6 Å². The van der Waals surface area contributed by atoms with Gasteiger partial charge in [0.15, 0.2) is 0 Å². The summed E-state index contributed by atoms with van der Waals surface area (Å²) in [6.07, 6.45) is 4.36. The van der Waals surface area contributed by atoms with Crippen LogP contribution in [0.3, 0.4) is 0 Å². The van der Waals surface area contributed by atoms with Crippen LogP contribution < -0.4 is 17.0 Å². The number of halogens is 1. The molecule has 1 aromatic heterocycles. The Morgan fingerprint density at radius 2 is 1.35 bits per heavy atom. The number of aromatic nitrogens is 1. The van der Waals surface area contributed by atoms with Crippen LogP contribution in [0.15, 0.2) is 18.5 Å². The maximum atomic E-state index is 3.20. The van der Waals surface area contributed by atoms with Gasteiger partial charge in [0.05, 0.1) is 0 Å². The second-order valence-electron chi connectivity index (χ2n) is 5.37. The van der Waals surface area contributed by atoms with Crippen molar-refractivity contribution in [2.45, 2.75) is 58.2 Å². The van der Waals surface area contributed by atoms with Crippen LogP contribution in [0, 0.1) is 6.07 Å². The first-order valence-electron chi connectivity index (χ1n) is 5.98. The van der Waals surface area contributed by atoms with Crippen LogP contribution in [0.2, 0.25) is 16.6 Å². The molecule has 0 aliphatic rings. The summed E-state index contributed by atoms with van der Waals surface area (Å²) in [4.78, 5) is 0. The van der Waals surface area contributed by atoms with Gasteiger partial charge >= 0.3 is 23.1 Å². The number of nitrogens with zero attached hydrogens (tertiary/aromatic N) is 1. The van der Waals surface area contributed by atoms with Crippen LogP contribution in [-0.2, 0) is 0 Å². The van der Waals surface area contributed by atoms with Gasteiger partial charge in [0.2, 0.25) is 0 Å². The summed E-state index contributed by atoms with van der Waals surface area (Å²) in [6.45, 7) is 14.3. The minimum absolute atomic E-state index is 0. The average Bonchev–Trinajstić information content (AvgIpc) is 2.55. The van der Waals surface area contributed by atoms with Gasteiger partial charge in [-0.15, -0.1) is 6.20 Å². The summed E-state index contributed by atoms with van der Waals surface area (Å²) in [7, 11) is -1.47. The Hall–Kier alpha value is 0.743. The molecular formula is C13H24BrMgNSi. The maximum Gasteiger partial charge on any atom is 2.00 e. The van der Waals surface area contributed by atoms with Crippen LogP contribution in [0.25, 0.3) is 0 Å². The first-order chi connectivity index (χ1) is 6.94. The molecule has 0 spiro atoms. The summed E-state index contributed by atoms with van der Waals surface area (Å²) in [5, 5.41) is 0. The van der Waals surface area contributed by atoms with Gasteiger partial charge < -0.3 is 21.2 Å². The SMILES string of the molecule is CC(C)[Si](C(C)C)(C(C)C)n1c[c-]cc1.[Br-].[Mg+2]. The molecule has 0 aromatic carbocycles. The second kappa shape index (κ2) is 8.02. The molecule has 1 aromatic rings. The largest absolute Gasteiger partial charge is 2.00 e. The van der Waals surface area contributed by atoms with Gasteiger partial charge in [-0.25, -0.2) is 12.1 Å². The third-order valence-corrected chi connectivity index (χ3v) is 10.5. The van der Waals surface area contributed by atoms with Gasteiger partial charge in [-0.05, 0) is 16.6 Å². The molecule has 1 heterocycles. The summed E-state index contributed by atoms with van der Waals surface area (Å²) in [5.74, 6) is 0. The molecule has 0 aliphatic carbocycles. The van der Waals surface area contributed by atoms with Crippen molar-refractivity contribution >= 4 is 31.3 Å². The fourth-order valence-corrected chi connectivity index (χ4v) is 9.84.